The first-order valence-corrected chi connectivity index (χ1v) is 10.9. The van der Waals surface area contributed by atoms with E-state index in [2.05, 4.69) is 24.5 Å². The highest BCUT2D eigenvalue weighted by Crippen LogP contribution is 2.44. The summed E-state index contributed by atoms with van der Waals surface area (Å²) in [5, 5.41) is 19.8. The minimum absolute atomic E-state index is 0.0190. The van der Waals surface area contributed by atoms with Gasteiger partial charge < -0.3 is 20.4 Å². The standard InChI is InChI=1S/C18H19N3OS2.C2H2O4/c1-11(22)19-17-16(12-6-5-9-21(2)10-15(12)24-17)18-20-13-7-3-4-8-14(13)23-18;3-1(4)2(5)6/h3-4,7-8H,5-6,9-10H2,1-2H3,(H,19,22);(H,3,4)(H,5,6)/p+1. The molecule has 4 rings (SSSR count). The van der Waals surface area contributed by atoms with E-state index in [4.69, 9.17) is 24.8 Å². The van der Waals surface area contributed by atoms with Crippen molar-refractivity contribution < 1.29 is 29.5 Å². The number of carbonyl (C=O) groups excluding carboxylic acids is 1. The number of anilines is 1. The van der Waals surface area contributed by atoms with Crippen molar-refractivity contribution in [1.82, 2.24) is 4.98 Å². The Morgan fingerprint density at radius 1 is 1.13 bits per heavy atom. The van der Waals surface area contributed by atoms with Crippen LogP contribution in [0.3, 0.4) is 0 Å². The number of amides is 1. The lowest BCUT2D eigenvalue weighted by Crippen LogP contribution is -3.07. The molecule has 1 aromatic carbocycles. The van der Waals surface area contributed by atoms with Gasteiger partial charge in [-0.3, -0.25) is 4.79 Å². The number of carbonyl (C=O) groups is 3. The van der Waals surface area contributed by atoms with Crippen LogP contribution in [0.2, 0.25) is 0 Å². The summed E-state index contributed by atoms with van der Waals surface area (Å²) in [6, 6.07) is 8.23. The number of thiophene rings is 1. The molecule has 10 heteroatoms. The highest BCUT2D eigenvalue weighted by Gasteiger charge is 2.26. The van der Waals surface area contributed by atoms with Crippen LogP contribution in [-0.2, 0) is 27.3 Å². The van der Waals surface area contributed by atoms with Gasteiger partial charge in [-0.25, -0.2) is 14.6 Å². The molecule has 3 aromatic rings. The van der Waals surface area contributed by atoms with E-state index in [0.29, 0.717) is 0 Å². The molecule has 0 aliphatic carbocycles. The predicted molar refractivity (Wildman–Crippen MR) is 116 cm³/mol. The topological polar surface area (TPSA) is 121 Å². The van der Waals surface area contributed by atoms with Gasteiger partial charge in [0.05, 0.1) is 28.7 Å². The number of rotatable bonds is 2. The Kier molecular flexibility index (Phi) is 6.80. The van der Waals surface area contributed by atoms with E-state index in [0.717, 1.165) is 34.1 Å². The Bertz CT molecular complexity index is 1060. The van der Waals surface area contributed by atoms with Crippen LogP contribution in [0.25, 0.3) is 20.8 Å². The molecule has 0 bridgehead atoms. The number of hydrogen-bond donors (Lipinski definition) is 4. The summed E-state index contributed by atoms with van der Waals surface area (Å²) in [5.74, 6) is -3.67. The second-order valence-corrected chi connectivity index (χ2v) is 9.11. The molecular weight excluding hydrogens is 426 g/mol. The third-order valence-electron chi connectivity index (χ3n) is 4.56. The molecule has 1 aliphatic rings. The maximum atomic E-state index is 11.7. The van der Waals surface area contributed by atoms with E-state index < -0.39 is 11.9 Å². The summed E-state index contributed by atoms with van der Waals surface area (Å²) in [4.78, 5) is 37.7. The average molecular weight is 449 g/mol. The number of carboxylic acid groups (broad SMARTS) is 2. The van der Waals surface area contributed by atoms with Gasteiger partial charge in [0.25, 0.3) is 0 Å². The van der Waals surface area contributed by atoms with E-state index in [1.54, 1.807) is 29.6 Å². The molecule has 3 heterocycles. The molecule has 0 saturated heterocycles. The van der Waals surface area contributed by atoms with Gasteiger partial charge in [-0.1, -0.05) is 12.1 Å². The van der Waals surface area contributed by atoms with Crippen molar-refractivity contribution >= 4 is 55.7 Å². The summed E-state index contributed by atoms with van der Waals surface area (Å²) in [7, 11) is 2.24. The third kappa shape index (κ3) is 5.02. The highest BCUT2D eigenvalue weighted by atomic mass is 32.1. The summed E-state index contributed by atoms with van der Waals surface area (Å²) in [6.07, 6.45) is 2.24. The fourth-order valence-corrected chi connectivity index (χ4v) is 5.82. The number of aromatic nitrogens is 1. The number of carboxylic acids is 2. The molecular formula is C20H22N3O5S2+. The summed E-state index contributed by atoms with van der Waals surface area (Å²) in [6.45, 7) is 3.79. The van der Waals surface area contributed by atoms with Gasteiger partial charge in [-0.2, -0.15) is 0 Å². The molecule has 1 unspecified atom stereocenters. The number of hydrogen-bond acceptors (Lipinski definition) is 6. The first-order chi connectivity index (χ1) is 14.3. The molecule has 0 spiro atoms. The molecule has 30 heavy (non-hydrogen) atoms. The summed E-state index contributed by atoms with van der Waals surface area (Å²) >= 11 is 3.44. The second kappa shape index (κ2) is 9.33. The number of quaternary nitrogens is 1. The minimum Gasteiger partial charge on any atom is -0.473 e. The molecule has 8 nitrogen and oxygen atoms in total. The minimum atomic E-state index is -1.82. The fraction of sp³-hybridized carbons (Fsp3) is 0.300. The molecule has 1 amide bonds. The SMILES string of the molecule is CC(=O)Nc1sc2c(c1-c1nc3ccccc3s1)CCC[NH+](C)C2.O=C(O)C(=O)O. The van der Waals surface area contributed by atoms with Gasteiger partial charge in [-0.05, 0) is 24.1 Å². The molecule has 0 saturated carbocycles. The molecule has 0 fully saturated rings. The predicted octanol–water partition coefficient (Wildman–Crippen LogP) is 2.10. The Morgan fingerprint density at radius 3 is 2.47 bits per heavy atom. The number of nitrogens with zero attached hydrogens (tertiary/aromatic N) is 1. The van der Waals surface area contributed by atoms with Crippen molar-refractivity contribution in [2.75, 3.05) is 18.9 Å². The van der Waals surface area contributed by atoms with Crippen LogP contribution in [-0.4, -0.2) is 46.6 Å². The molecule has 0 radical (unpaired) electrons. The smallest absolute Gasteiger partial charge is 0.414 e. The van der Waals surface area contributed by atoms with Gasteiger partial charge >= 0.3 is 11.9 Å². The zero-order valence-corrected chi connectivity index (χ0v) is 18.2. The maximum Gasteiger partial charge on any atom is 0.414 e. The molecule has 1 atom stereocenters. The quantitative estimate of drug-likeness (QED) is 0.446. The lowest BCUT2D eigenvalue weighted by molar-refractivity contribution is -0.892. The van der Waals surface area contributed by atoms with Gasteiger partial charge in [0.15, 0.2) is 0 Å². The second-order valence-electron chi connectivity index (χ2n) is 6.97. The van der Waals surface area contributed by atoms with Crippen molar-refractivity contribution in [1.29, 1.82) is 0 Å². The van der Waals surface area contributed by atoms with E-state index in [1.165, 1.54) is 33.0 Å². The number of fused-ring (bicyclic) bond motifs is 2. The summed E-state index contributed by atoms with van der Waals surface area (Å²) in [5.41, 5.74) is 3.57. The largest absolute Gasteiger partial charge is 0.473 e. The van der Waals surface area contributed by atoms with Crippen LogP contribution in [0, 0.1) is 0 Å². The first-order valence-electron chi connectivity index (χ1n) is 9.31. The van der Waals surface area contributed by atoms with Crippen LogP contribution < -0.4 is 10.2 Å². The molecule has 1 aliphatic heterocycles. The third-order valence-corrected chi connectivity index (χ3v) is 6.76. The van der Waals surface area contributed by atoms with Gasteiger partial charge in [0, 0.05) is 18.9 Å². The molecule has 158 valence electrons. The Hall–Kier alpha value is -2.82. The van der Waals surface area contributed by atoms with E-state index >= 15 is 0 Å². The van der Waals surface area contributed by atoms with Gasteiger partial charge in [-0.15, -0.1) is 22.7 Å². The molecule has 2 aromatic heterocycles. The van der Waals surface area contributed by atoms with Crippen molar-refractivity contribution in [3.05, 3.63) is 34.7 Å². The van der Waals surface area contributed by atoms with Gasteiger partial charge in [0.2, 0.25) is 5.91 Å². The van der Waals surface area contributed by atoms with Crippen LogP contribution in [0.1, 0.15) is 23.8 Å². The Balaban J connectivity index is 0.000000377. The first kappa shape index (κ1) is 21.9. The van der Waals surface area contributed by atoms with Crippen LogP contribution in [0.4, 0.5) is 5.00 Å². The summed E-state index contributed by atoms with van der Waals surface area (Å²) < 4.78 is 1.19. The number of benzene rings is 1. The molecule has 4 N–H and O–H groups in total. The monoisotopic (exact) mass is 448 g/mol. The lowest BCUT2D eigenvalue weighted by Gasteiger charge is -2.08. The van der Waals surface area contributed by atoms with E-state index in [1.807, 2.05) is 12.1 Å². The van der Waals surface area contributed by atoms with Crippen LogP contribution in [0.15, 0.2) is 24.3 Å². The Labute approximate surface area is 180 Å². The zero-order valence-electron chi connectivity index (χ0n) is 16.5. The van der Waals surface area contributed by atoms with Crippen LogP contribution in [0.5, 0.6) is 0 Å². The van der Waals surface area contributed by atoms with Crippen molar-refractivity contribution in [3.8, 4) is 10.6 Å². The number of aliphatic carboxylic acids is 2. The Morgan fingerprint density at radius 2 is 1.83 bits per heavy atom. The normalized spacial score (nSPS) is 15.5. The van der Waals surface area contributed by atoms with Crippen molar-refractivity contribution in [2.24, 2.45) is 0 Å². The van der Waals surface area contributed by atoms with E-state index in [9.17, 15) is 4.79 Å². The number of thiazole rings is 1. The average Bonchev–Trinajstić information content (AvgIpc) is 3.17. The van der Waals surface area contributed by atoms with Gasteiger partial charge in [0.1, 0.15) is 16.6 Å². The number of nitrogens with one attached hydrogen (secondary N) is 2. The van der Waals surface area contributed by atoms with Crippen molar-refractivity contribution in [3.63, 3.8) is 0 Å². The van der Waals surface area contributed by atoms with Crippen LogP contribution >= 0.6 is 22.7 Å². The lowest BCUT2D eigenvalue weighted by atomic mass is 10.1. The van der Waals surface area contributed by atoms with E-state index in [-0.39, 0.29) is 5.91 Å². The number of para-hydroxylation sites is 1. The van der Waals surface area contributed by atoms with Crippen molar-refractivity contribution in [2.45, 2.75) is 26.3 Å². The fourth-order valence-electron chi connectivity index (χ4n) is 3.30. The highest BCUT2D eigenvalue weighted by molar-refractivity contribution is 7.22. The zero-order chi connectivity index (χ0) is 21.8. The maximum absolute atomic E-state index is 11.7.